The number of hydrogen-bond donors (Lipinski definition) is 0. The van der Waals surface area contributed by atoms with Gasteiger partial charge in [-0.2, -0.15) is 0 Å². The number of rotatable bonds is 3. The first-order chi connectivity index (χ1) is 11.2. The molecule has 0 saturated carbocycles. The van der Waals surface area contributed by atoms with E-state index in [0.29, 0.717) is 5.56 Å². The van der Waals surface area contributed by atoms with Gasteiger partial charge in [-0.15, -0.1) is 0 Å². The van der Waals surface area contributed by atoms with Crippen molar-refractivity contribution < 1.29 is 9.53 Å². The van der Waals surface area contributed by atoms with Crippen molar-refractivity contribution in [2.45, 2.75) is 6.92 Å². The van der Waals surface area contributed by atoms with Gasteiger partial charge in [0.25, 0.3) is 0 Å². The van der Waals surface area contributed by atoms with Gasteiger partial charge in [-0.3, -0.25) is 0 Å². The highest BCUT2D eigenvalue weighted by atomic mass is 16.5. The lowest BCUT2D eigenvalue weighted by Gasteiger charge is -2.09. The largest absolute Gasteiger partial charge is 0.465 e. The minimum absolute atomic E-state index is 0.313. The average molecular weight is 302 g/mol. The highest BCUT2D eigenvalue weighted by molar-refractivity contribution is 5.90. The van der Waals surface area contributed by atoms with Crippen LogP contribution in [0.2, 0.25) is 0 Å². The zero-order chi connectivity index (χ0) is 16.2. The molecule has 0 saturated heterocycles. The number of ether oxygens (including phenoxy) is 1. The monoisotopic (exact) mass is 302 g/mol. The van der Waals surface area contributed by atoms with Crippen molar-refractivity contribution in [2.24, 2.45) is 0 Å². The van der Waals surface area contributed by atoms with Gasteiger partial charge in [0.1, 0.15) is 0 Å². The van der Waals surface area contributed by atoms with Crippen molar-refractivity contribution in [3.63, 3.8) is 0 Å². The minimum atomic E-state index is -0.313. The summed E-state index contributed by atoms with van der Waals surface area (Å²) in [5.74, 6) is -0.313. The highest BCUT2D eigenvalue weighted by Gasteiger charge is 2.07. The van der Waals surface area contributed by atoms with Gasteiger partial charge in [0.05, 0.1) is 12.7 Å². The van der Waals surface area contributed by atoms with Crippen LogP contribution in [0.5, 0.6) is 0 Å². The van der Waals surface area contributed by atoms with Crippen LogP contribution < -0.4 is 0 Å². The first-order valence-corrected chi connectivity index (χ1v) is 7.54. The summed E-state index contributed by atoms with van der Waals surface area (Å²) in [6.07, 6.45) is 0. The number of aryl methyl sites for hydroxylation is 1. The summed E-state index contributed by atoms with van der Waals surface area (Å²) in [4.78, 5) is 11.5. The predicted molar refractivity (Wildman–Crippen MR) is 93.4 cm³/mol. The molecule has 3 aromatic rings. The number of methoxy groups -OCH3 is 1. The summed E-state index contributed by atoms with van der Waals surface area (Å²) in [5.41, 5.74) is 6.47. The van der Waals surface area contributed by atoms with Gasteiger partial charge in [-0.25, -0.2) is 4.79 Å². The Morgan fingerprint density at radius 3 is 2.04 bits per heavy atom. The molecule has 0 fully saturated rings. The molecule has 0 spiro atoms. The van der Waals surface area contributed by atoms with E-state index < -0.39 is 0 Å². The molecule has 0 atom stereocenters. The van der Waals surface area contributed by atoms with Crippen LogP contribution in [-0.4, -0.2) is 13.1 Å². The van der Waals surface area contributed by atoms with Crippen molar-refractivity contribution in [3.8, 4) is 22.3 Å². The van der Waals surface area contributed by atoms with E-state index in [0.717, 1.165) is 11.1 Å². The molecule has 2 nitrogen and oxygen atoms in total. The number of hydrogen-bond acceptors (Lipinski definition) is 2. The van der Waals surface area contributed by atoms with E-state index in [1.807, 2.05) is 30.3 Å². The Bertz CT molecular complexity index is 818. The minimum Gasteiger partial charge on any atom is -0.465 e. The summed E-state index contributed by atoms with van der Waals surface area (Å²) >= 11 is 0. The van der Waals surface area contributed by atoms with Crippen molar-refractivity contribution in [1.29, 1.82) is 0 Å². The van der Waals surface area contributed by atoms with Crippen molar-refractivity contribution >= 4 is 5.97 Å². The highest BCUT2D eigenvalue weighted by Crippen LogP contribution is 2.28. The van der Waals surface area contributed by atoms with Gasteiger partial charge < -0.3 is 4.74 Å². The van der Waals surface area contributed by atoms with E-state index >= 15 is 0 Å². The van der Waals surface area contributed by atoms with Gasteiger partial charge in [0, 0.05) is 0 Å². The molecule has 0 amide bonds. The van der Waals surface area contributed by atoms with E-state index in [4.69, 9.17) is 4.74 Å². The maximum Gasteiger partial charge on any atom is 0.337 e. The van der Waals surface area contributed by atoms with Crippen LogP contribution in [0.3, 0.4) is 0 Å². The Labute approximate surface area is 136 Å². The number of benzene rings is 3. The van der Waals surface area contributed by atoms with E-state index in [9.17, 15) is 4.79 Å². The van der Waals surface area contributed by atoms with Crippen molar-refractivity contribution in [2.75, 3.05) is 7.11 Å². The molecule has 114 valence electrons. The zero-order valence-corrected chi connectivity index (χ0v) is 13.2. The van der Waals surface area contributed by atoms with Crippen LogP contribution in [0, 0.1) is 6.92 Å². The number of carbonyl (C=O) groups excluding carboxylic acids is 1. The topological polar surface area (TPSA) is 26.3 Å². The summed E-state index contributed by atoms with van der Waals surface area (Å²) in [5, 5.41) is 0. The van der Waals surface area contributed by atoms with E-state index in [1.54, 1.807) is 12.1 Å². The predicted octanol–water partition coefficient (Wildman–Crippen LogP) is 5.12. The maximum atomic E-state index is 11.5. The average Bonchev–Trinajstić information content (AvgIpc) is 2.62. The lowest BCUT2D eigenvalue weighted by atomic mass is 9.95. The summed E-state index contributed by atoms with van der Waals surface area (Å²) in [6.45, 7) is 2.12. The van der Waals surface area contributed by atoms with Crippen LogP contribution in [-0.2, 0) is 4.74 Å². The fourth-order valence-corrected chi connectivity index (χ4v) is 2.70. The van der Waals surface area contributed by atoms with Gasteiger partial charge in [0.2, 0.25) is 0 Å². The normalized spacial score (nSPS) is 10.3. The van der Waals surface area contributed by atoms with Crippen LogP contribution in [0.4, 0.5) is 0 Å². The molecule has 3 rings (SSSR count). The molecule has 0 N–H and O–H groups in total. The van der Waals surface area contributed by atoms with Crippen LogP contribution in [0.15, 0.2) is 72.8 Å². The molecule has 0 heterocycles. The van der Waals surface area contributed by atoms with Gasteiger partial charge in [-0.05, 0) is 46.9 Å². The molecule has 3 aromatic carbocycles. The number of carbonyl (C=O) groups is 1. The Kier molecular flexibility index (Phi) is 4.24. The van der Waals surface area contributed by atoms with Crippen molar-refractivity contribution in [1.82, 2.24) is 0 Å². The number of esters is 1. The zero-order valence-electron chi connectivity index (χ0n) is 13.2. The van der Waals surface area contributed by atoms with E-state index in [2.05, 4.69) is 37.3 Å². The smallest absolute Gasteiger partial charge is 0.337 e. The second-order valence-corrected chi connectivity index (χ2v) is 5.46. The van der Waals surface area contributed by atoms with Crippen molar-refractivity contribution in [3.05, 3.63) is 83.9 Å². The summed E-state index contributed by atoms with van der Waals surface area (Å²) in [6, 6.07) is 24.3. The lowest BCUT2D eigenvalue weighted by Crippen LogP contribution is -2.00. The molecular weight excluding hydrogens is 284 g/mol. The van der Waals surface area contributed by atoms with Gasteiger partial charge in [-0.1, -0.05) is 60.7 Å². The second-order valence-electron chi connectivity index (χ2n) is 5.46. The van der Waals surface area contributed by atoms with Gasteiger partial charge >= 0.3 is 5.97 Å². The molecule has 23 heavy (non-hydrogen) atoms. The van der Waals surface area contributed by atoms with E-state index in [-0.39, 0.29) is 5.97 Å². The molecule has 0 unspecified atom stereocenters. The summed E-state index contributed by atoms with van der Waals surface area (Å²) < 4.78 is 4.73. The fraction of sp³-hybridized carbons (Fsp3) is 0.0952. The molecule has 0 aliphatic carbocycles. The first-order valence-electron chi connectivity index (χ1n) is 7.54. The fourth-order valence-electron chi connectivity index (χ4n) is 2.70. The Balaban J connectivity index is 1.93. The third-order valence-electron chi connectivity index (χ3n) is 3.95. The van der Waals surface area contributed by atoms with Crippen LogP contribution in [0.25, 0.3) is 22.3 Å². The first kappa shape index (κ1) is 15.0. The molecule has 2 heteroatoms. The standard InChI is InChI=1S/C21H18O2/c1-15-14-19(12-13-20(15)17-6-4-3-5-7-17)16-8-10-18(11-9-16)21(22)23-2/h3-14H,1-2H3. The molecule has 0 bridgehead atoms. The molecule has 0 aliphatic heterocycles. The third-order valence-corrected chi connectivity index (χ3v) is 3.95. The van der Waals surface area contributed by atoms with Crippen LogP contribution in [0.1, 0.15) is 15.9 Å². The van der Waals surface area contributed by atoms with Crippen LogP contribution >= 0.6 is 0 Å². The molecule has 0 aromatic heterocycles. The quantitative estimate of drug-likeness (QED) is 0.628. The SMILES string of the molecule is COC(=O)c1ccc(-c2ccc(-c3ccccc3)c(C)c2)cc1. The molecule has 0 aliphatic rings. The third kappa shape index (κ3) is 3.16. The second kappa shape index (κ2) is 6.49. The van der Waals surface area contributed by atoms with E-state index in [1.165, 1.54) is 23.8 Å². The summed E-state index contributed by atoms with van der Waals surface area (Å²) in [7, 11) is 1.39. The van der Waals surface area contributed by atoms with Gasteiger partial charge in [0.15, 0.2) is 0 Å². The molecule has 0 radical (unpaired) electrons. The Morgan fingerprint density at radius 2 is 1.43 bits per heavy atom. The molecular formula is C21H18O2. The Hall–Kier alpha value is -2.87. The lowest BCUT2D eigenvalue weighted by molar-refractivity contribution is 0.0601. The maximum absolute atomic E-state index is 11.5. The Morgan fingerprint density at radius 1 is 0.783 bits per heavy atom.